The van der Waals surface area contributed by atoms with Gasteiger partial charge in [0.25, 0.3) is 0 Å². The van der Waals surface area contributed by atoms with Gasteiger partial charge in [-0.3, -0.25) is 24.2 Å². The third kappa shape index (κ3) is 54.6. The van der Waals surface area contributed by atoms with Crippen molar-refractivity contribution in [2.24, 2.45) is 0 Å². The molecule has 3 amide bonds. The summed E-state index contributed by atoms with van der Waals surface area (Å²) in [6, 6.07) is 0. The maximum atomic E-state index is 13.1. The number of aliphatic hydroxyl groups excluding tert-OH is 4. The van der Waals surface area contributed by atoms with E-state index in [0.29, 0.717) is 39.1 Å². The van der Waals surface area contributed by atoms with E-state index in [-0.39, 0.29) is 32.8 Å². The number of unbranched alkanes of at least 4 members (excludes halogenated alkanes) is 36. The van der Waals surface area contributed by atoms with Gasteiger partial charge in [0.1, 0.15) is 18.3 Å². The first kappa shape index (κ1) is 77.4. The highest BCUT2D eigenvalue weighted by Gasteiger charge is 2.25. The van der Waals surface area contributed by atoms with Crippen LogP contribution >= 0.6 is 0 Å². The van der Waals surface area contributed by atoms with Gasteiger partial charge >= 0.3 is 0 Å². The van der Waals surface area contributed by atoms with Crippen LogP contribution in [-0.2, 0) is 14.4 Å². The van der Waals surface area contributed by atoms with Crippen molar-refractivity contribution in [3.8, 4) is 0 Å². The Morgan fingerprint density at radius 2 is 0.537 bits per heavy atom. The SMILES string of the molecule is CCCCCCCC/C=C\CCCCCCCCNC(=O)C(O)CN(CCO)CCCN(CC(O)C(=O)NCCCCCCCC/C=C\CCCCCCCC)CC(O)C(=O)NCCCCCCCC/C=C\CCCCCCCC. The van der Waals surface area contributed by atoms with E-state index in [1.807, 2.05) is 4.90 Å². The Hall–Kier alpha value is -2.61. The smallest absolute Gasteiger partial charge is 0.250 e. The quantitative estimate of drug-likeness (QED) is 0.0231. The van der Waals surface area contributed by atoms with Crippen molar-refractivity contribution in [1.29, 1.82) is 0 Å². The van der Waals surface area contributed by atoms with Crippen LogP contribution in [0, 0.1) is 0 Å². The summed E-state index contributed by atoms with van der Waals surface area (Å²) in [6.45, 7) is 8.98. The number of aliphatic hydroxyl groups is 4. The first-order valence-electron chi connectivity index (χ1n) is 34.1. The number of hydrogen-bond acceptors (Lipinski definition) is 9. The third-order valence-corrected chi connectivity index (χ3v) is 15.5. The van der Waals surface area contributed by atoms with E-state index in [9.17, 15) is 34.8 Å². The molecule has 0 aromatic rings. The zero-order chi connectivity index (χ0) is 58.5. The average Bonchev–Trinajstić information content (AvgIpc) is 3.45. The molecule has 0 radical (unpaired) electrons. The molecule has 0 aliphatic heterocycles. The lowest BCUT2D eigenvalue weighted by atomic mass is 10.1. The van der Waals surface area contributed by atoms with Crippen molar-refractivity contribution in [1.82, 2.24) is 25.8 Å². The van der Waals surface area contributed by atoms with Crippen molar-refractivity contribution in [3.05, 3.63) is 36.5 Å². The molecule has 0 bridgehead atoms. The van der Waals surface area contributed by atoms with Crippen LogP contribution in [-0.4, -0.2) is 132 Å². The second-order valence-electron chi connectivity index (χ2n) is 23.4. The molecule has 3 unspecified atom stereocenters. The minimum atomic E-state index is -1.36. The zero-order valence-corrected chi connectivity index (χ0v) is 52.6. The predicted molar refractivity (Wildman–Crippen MR) is 340 cm³/mol. The Morgan fingerprint density at radius 3 is 0.800 bits per heavy atom. The molecule has 0 saturated carbocycles. The number of hydrogen-bond donors (Lipinski definition) is 7. The molecule has 0 aromatic heterocycles. The van der Waals surface area contributed by atoms with Crippen LogP contribution < -0.4 is 16.0 Å². The maximum absolute atomic E-state index is 13.1. The Morgan fingerprint density at radius 1 is 0.312 bits per heavy atom. The van der Waals surface area contributed by atoms with Gasteiger partial charge < -0.3 is 36.4 Å². The highest BCUT2D eigenvalue weighted by Crippen LogP contribution is 2.14. The summed E-state index contributed by atoms with van der Waals surface area (Å²) < 4.78 is 0. The largest absolute Gasteiger partial charge is 0.395 e. The Bertz CT molecular complexity index is 1370. The van der Waals surface area contributed by atoms with Gasteiger partial charge in [0.05, 0.1) is 6.61 Å². The van der Waals surface area contributed by atoms with Crippen LogP contribution in [0.5, 0.6) is 0 Å². The fourth-order valence-electron chi connectivity index (χ4n) is 10.3. The number of nitrogens with zero attached hydrogens (tertiary/aromatic N) is 2. The molecule has 7 N–H and O–H groups in total. The van der Waals surface area contributed by atoms with Gasteiger partial charge in [-0.15, -0.1) is 0 Å². The lowest BCUT2D eigenvalue weighted by molar-refractivity contribution is -0.132. The van der Waals surface area contributed by atoms with Gasteiger partial charge in [0.2, 0.25) is 17.7 Å². The van der Waals surface area contributed by atoms with E-state index in [4.69, 9.17) is 0 Å². The van der Waals surface area contributed by atoms with Crippen LogP contribution in [0.25, 0.3) is 0 Å². The number of carbonyl (C=O) groups excluding carboxylic acids is 3. The van der Waals surface area contributed by atoms with E-state index in [1.54, 1.807) is 4.90 Å². The van der Waals surface area contributed by atoms with E-state index < -0.39 is 36.0 Å². The second kappa shape index (κ2) is 62.4. The highest BCUT2D eigenvalue weighted by atomic mass is 16.3. The van der Waals surface area contributed by atoms with Gasteiger partial charge in [-0.25, -0.2) is 0 Å². The van der Waals surface area contributed by atoms with Gasteiger partial charge in [-0.2, -0.15) is 0 Å². The van der Waals surface area contributed by atoms with Crippen LogP contribution in [0.3, 0.4) is 0 Å². The van der Waals surface area contributed by atoms with Gasteiger partial charge in [0, 0.05) is 45.8 Å². The average molecular weight is 1130 g/mol. The summed E-state index contributed by atoms with van der Waals surface area (Å²) >= 11 is 0. The molecular formula is C68H131N5O7. The summed E-state index contributed by atoms with van der Waals surface area (Å²) in [5.74, 6) is -1.38. The second-order valence-corrected chi connectivity index (χ2v) is 23.4. The van der Waals surface area contributed by atoms with Crippen molar-refractivity contribution < 1.29 is 34.8 Å². The topological polar surface area (TPSA) is 175 Å². The Labute approximate surface area is 493 Å². The summed E-state index contributed by atoms with van der Waals surface area (Å²) in [7, 11) is 0. The zero-order valence-electron chi connectivity index (χ0n) is 52.6. The van der Waals surface area contributed by atoms with E-state index in [1.165, 1.54) is 193 Å². The fourth-order valence-corrected chi connectivity index (χ4v) is 10.3. The molecule has 470 valence electrons. The molecule has 0 aromatic carbocycles. The van der Waals surface area contributed by atoms with E-state index in [2.05, 4.69) is 73.2 Å². The molecule has 0 aliphatic carbocycles. The molecule has 0 rings (SSSR count). The summed E-state index contributed by atoms with van der Waals surface area (Å²) in [4.78, 5) is 42.6. The van der Waals surface area contributed by atoms with Crippen LogP contribution in [0.4, 0.5) is 0 Å². The van der Waals surface area contributed by atoms with Crippen LogP contribution in [0.2, 0.25) is 0 Å². The molecule has 0 fully saturated rings. The molecule has 0 saturated heterocycles. The molecule has 0 aliphatic rings. The normalized spacial score (nSPS) is 13.2. The minimum Gasteiger partial charge on any atom is -0.395 e. The molecule has 80 heavy (non-hydrogen) atoms. The number of carbonyl (C=O) groups is 3. The van der Waals surface area contributed by atoms with Crippen molar-refractivity contribution in [3.63, 3.8) is 0 Å². The standard InChI is InChI=1S/C68H131N5O7/c1-4-7-10-13-16-19-22-25-28-31-34-37-40-43-46-49-53-69-66(78)63(75)60-72(58-59-74)56-52-57-73(61-64(76)67(79)70-54-50-47-44-41-38-35-32-29-26-23-20-17-14-11-8-5-2)62-65(77)68(80)71-55-51-48-45-42-39-36-33-30-27-24-21-18-15-12-9-6-3/h25-30,63-65,74-77H,4-24,31-62H2,1-3H3,(H,69,78)(H,70,79)(H,71,80)/b28-25-,29-26-,30-27-. The fraction of sp³-hybridized carbons (Fsp3) is 0.868. The molecule has 0 heterocycles. The number of rotatable bonds is 63. The molecule has 12 heteroatoms. The number of allylic oxidation sites excluding steroid dienone is 6. The van der Waals surface area contributed by atoms with E-state index >= 15 is 0 Å². The monoisotopic (exact) mass is 1130 g/mol. The highest BCUT2D eigenvalue weighted by molar-refractivity contribution is 5.81. The number of nitrogens with one attached hydrogen (secondary N) is 3. The summed E-state index contributed by atoms with van der Waals surface area (Å²) in [5, 5.41) is 51.5. The van der Waals surface area contributed by atoms with Gasteiger partial charge in [0.15, 0.2) is 0 Å². The summed E-state index contributed by atoms with van der Waals surface area (Å²) in [6.07, 6.45) is 61.4. The van der Waals surface area contributed by atoms with Crippen molar-refractivity contribution in [2.75, 3.05) is 65.5 Å². The van der Waals surface area contributed by atoms with Crippen molar-refractivity contribution in [2.45, 2.75) is 315 Å². The van der Waals surface area contributed by atoms with Crippen LogP contribution in [0.15, 0.2) is 36.5 Å². The Balaban J connectivity index is 4.86. The lowest BCUT2D eigenvalue weighted by Gasteiger charge is -2.29. The predicted octanol–water partition coefficient (Wildman–Crippen LogP) is 14.5. The molecule has 0 spiro atoms. The third-order valence-electron chi connectivity index (χ3n) is 15.5. The molecule has 12 nitrogen and oxygen atoms in total. The first-order valence-corrected chi connectivity index (χ1v) is 34.1. The first-order chi connectivity index (χ1) is 39.2. The van der Waals surface area contributed by atoms with Gasteiger partial charge in [-0.05, 0) is 116 Å². The maximum Gasteiger partial charge on any atom is 0.250 e. The minimum absolute atomic E-state index is 0.0449. The van der Waals surface area contributed by atoms with Crippen molar-refractivity contribution >= 4 is 17.7 Å². The van der Waals surface area contributed by atoms with Crippen LogP contribution in [0.1, 0.15) is 297 Å². The molecular weight excluding hydrogens is 999 g/mol. The molecule has 3 atom stereocenters. The van der Waals surface area contributed by atoms with E-state index in [0.717, 1.165) is 77.0 Å². The van der Waals surface area contributed by atoms with Gasteiger partial charge in [-0.1, -0.05) is 231 Å². The Kier molecular flexibility index (Phi) is 60.4. The lowest BCUT2D eigenvalue weighted by Crippen LogP contribution is -2.49. The number of amides is 3. The summed E-state index contributed by atoms with van der Waals surface area (Å²) in [5.41, 5.74) is 0.